The minimum atomic E-state index is 0.278. The lowest BCUT2D eigenvalue weighted by atomic mass is 10.1. The fourth-order valence-corrected chi connectivity index (χ4v) is 2.08. The lowest BCUT2D eigenvalue weighted by molar-refractivity contribution is 0.206. The summed E-state index contributed by atoms with van der Waals surface area (Å²) in [4.78, 5) is 4.36. The fourth-order valence-electron chi connectivity index (χ4n) is 2.08. The van der Waals surface area contributed by atoms with Gasteiger partial charge < -0.3 is 10.1 Å². The van der Waals surface area contributed by atoms with Crippen LogP contribution in [0.5, 0.6) is 5.75 Å². The molecule has 1 rings (SSSR count). The van der Waals surface area contributed by atoms with E-state index >= 15 is 0 Å². The number of unbranched alkanes of at least 4 members (excludes halogenated alkanes) is 3. The molecule has 1 aromatic rings. The minimum Gasteiger partial charge on any atom is -0.491 e. The molecule has 20 heavy (non-hydrogen) atoms. The molecule has 0 aliphatic carbocycles. The summed E-state index contributed by atoms with van der Waals surface area (Å²) in [5, 5.41) is 3.37. The SMILES string of the molecule is CCCCCCC(C)Oc1ccnc(CNC(C)C)c1. The highest BCUT2D eigenvalue weighted by Gasteiger charge is 2.05. The molecule has 1 atom stereocenters. The number of nitrogens with one attached hydrogen (secondary N) is 1. The molecule has 0 radical (unpaired) electrons. The number of rotatable bonds is 10. The minimum absolute atomic E-state index is 0.278. The number of nitrogens with zero attached hydrogens (tertiary/aromatic N) is 1. The van der Waals surface area contributed by atoms with Crippen molar-refractivity contribution in [3.8, 4) is 5.75 Å². The van der Waals surface area contributed by atoms with Gasteiger partial charge in [-0.1, -0.05) is 40.0 Å². The van der Waals surface area contributed by atoms with Gasteiger partial charge in [-0.15, -0.1) is 0 Å². The molecule has 3 nitrogen and oxygen atoms in total. The van der Waals surface area contributed by atoms with E-state index in [1.54, 1.807) is 0 Å². The Labute approximate surface area is 124 Å². The van der Waals surface area contributed by atoms with Gasteiger partial charge in [0, 0.05) is 24.8 Å². The summed E-state index contributed by atoms with van der Waals surface area (Å²) in [5.74, 6) is 0.934. The first-order chi connectivity index (χ1) is 9.61. The van der Waals surface area contributed by atoms with Crippen LogP contribution in [0.2, 0.25) is 0 Å². The number of hydrogen-bond donors (Lipinski definition) is 1. The highest BCUT2D eigenvalue weighted by atomic mass is 16.5. The zero-order valence-corrected chi connectivity index (χ0v) is 13.5. The number of hydrogen-bond acceptors (Lipinski definition) is 3. The maximum atomic E-state index is 5.97. The molecule has 0 saturated heterocycles. The second-order valence-electron chi connectivity index (χ2n) is 5.80. The van der Waals surface area contributed by atoms with E-state index in [0.29, 0.717) is 6.04 Å². The van der Waals surface area contributed by atoms with Gasteiger partial charge >= 0.3 is 0 Å². The average molecular weight is 278 g/mol. The summed E-state index contributed by atoms with van der Waals surface area (Å²) in [6.45, 7) is 9.46. The van der Waals surface area contributed by atoms with Crippen LogP contribution >= 0.6 is 0 Å². The molecule has 1 unspecified atom stereocenters. The fraction of sp³-hybridized carbons (Fsp3) is 0.706. The van der Waals surface area contributed by atoms with Crippen LogP contribution in [-0.4, -0.2) is 17.1 Å². The molecular formula is C17H30N2O. The van der Waals surface area contributed by atoms with Crippen molar-refractivity contribution in [1.29, 1.82) is 0 Å². The van der Waals surface area contributed by atoms with Crippen LogP contribution in [0, 0.1) is 0 Å². The van der Waals surface area contributed by atoms with Crippen LogP contribution in [0.25, 0.3) is 0 Å². The van der Waals surface area contributed by atoms with Crippen LogP contribution in [-0.2, 0) is 6.54 Å². The van der Waals surface area contributed by atoms with Gasteiger partial charge in [-0.05, 0) is 25.8 Å². The third-order valence-electron chi connectivity index (χ3n) is 3.28. The molecular weight excluding hydrogens is 248 g/mol. The lowest BCUT2D eigenvalue weighted by Gasteiger charge is -2.15. The first kappa shape index (κ1) is 17.0. The van der Waals surface area contributed by atoms with Crippen LogP contribution in [0.1, 0.15) is 65.5 Å². The predicted octanol–water partition coefficient (Wildman–Crippen LogP) is 4.32. The Morgan fingerprint density at radius 1 is 1.20 bits per heavy atom. The third-order valence-corrected chi connectivity index (χ3v) is 3.28. The summed E-state index contributed by atoms with van der Waals surface area (Å²) in [7, 11) is 0. The lowest BCUT2D eigenvalue weighted by Crippen LogP contribution is -2.22. The zero-order chi connectivity index (χ0) is 14.8. The van der Waals surface area contributed by atoms with E-state index in [-0.39, 0.29) is 6.10 Å². The van der Waals surface area contributed by atoms with E-state index in [0.717, 1.165) is 24.4 Å². The van der Waals surface area contributed by atoms with E-state index in [1.165, 1.54) is 25.7 Å². The van der Waals surface area contributed by atoms with Gasteiger partial charge in [0.2, 0.25) is 0 Å². The number of ether oxygens (including phenoxy) is 1. The normalized spacial score (nSPS) is 12.7. The molecule has 114 valence electrons. The van der Waals surface area contributed by atoms with Crippen LogP contribution in [0.4, 0.5) is 0 Å². The number of aromatic nitrogens is 1. The Morgan fingerprint density at radius 2 is 2.00 bits per heavy atom. The van der Waals surface area contributed by atoms with Crippen molar-refractivity contribution in [2.24, 2.45) is 0 Å². The maximum Gasteiger partial charge on any atom is 0.123 e. The first-order valence-electron chi connectivity index (χ1n) is 7.96. The number of pyridine rings is 1. The molecule has 0 aromatic carbocycles. The second kappa shape index (κ2) is 9.76. The van der Waals surface area contributed by atoms with Gasteiger partial charge in [0.25, 0.3) is 0 Å². The van der Waals surface area contributed by atoms with E-state index < -0.39 is 0 Å². The summed E-state index contributed by atoms with van der Waals surface area (Å²) in [6.07, 6.45) is 8.41. The largest absolute Gasteiger partial charge is 0.491 e. The van der Waals surface area contributed by atoms with Crippen molar-refractivity contribution in [2.45, 2.75) is 78.5 Å². The molecule has 0 aliphatic heterocycles. The summed E-state index contributed by atoms with van der Waals surface area (Å²) >= 11 is 0. The van der Waals surface area contributed by atoms with Crippen molar-refractivity contribution in [1.82, 2.24) is 10.3 Å². The first-order valence-corrected chi connectivity index (χ1v) is 7.96. The molecule has 1 heterocycles. The van der Waals surface area contributed by atoms with Gasteiger partial charge in [0.05, 0.1) is 11.8 Å². The summed E-state index contributed by atoms with van der Waals surface area (Å²) in [5.41, 5.74) is 1.04. The van der Waals surface area contributed by atoms with E-state index in [2.05, 4.69) is 38.0 Å². The summed E-state index contributed by atoms with van der Waals surface area (Å²) in [6, 6.07) is 4.46. The van der Waals surface area contributed by atoms with Crippen molar-refractivity contribution in [2.75, 3.05) is 0 Å². The van der Waals surface area contributed by atoms with Crippen LogP contribution in [0.15, 0.2) is 18.3 Å². The zero-order valence-electron chi connectivity index (χ0n) is 13.5. The average Bonchev–Trinajstić information content (AvgIpc) is 2.42. The van der Waals surface area contributed by atoms with Crippen LogP contribution < -0.4 is 10.1 Å². The molecule has 0 bridgehead atoms. The Kier molecular flexibility index (Phi) is 8.28. The quantitative estimate of drug-likeness (QED) is 0.647. The second-order valence-corrected chi connectivity index (χ2v) is 5.80. The van der Waals surface area contributed by atoms with Crippen molar-refractivity contribution in [3.05, 3.63) is 24.0 Å². The van der Waals surface area contributed by atoms with Crippen molar-refractivity contribution >= 4 is 0 Å². The highest BCUT2D eigenvalue weighted by molar-refractivity contribution is 5.22. The van der Waals surface area contributed by atoms with Crippen LogP contribution in [0.3, 0.4) is 0 Å². The van der Waals surface area contributed by atoms with E-state index in [1.807, 2.05) is 18.3 Å². The van der Waals surface area contributed by atoms with Gasteiger partial charge in [-0.25, -0.2) is 0 Å². The van der Waals surface area contributed by atoms with Gasteiger partial charge in [0.15, 0.2) is 0 Å². The molecule has 0 fully saturated rings. The van der Waals surface area contributed by atoms with Gasteiger partial charge in [0.1, 0.15) is 5.75 Å². The van der Waals surface area contributed by atoms with Crippen molar-refractivity contribution in [3.63, 3.8) is 0 Å². The monoisotopic (exact) mass is 278 g/mol. The van der Waals surface area contributed by atoms with Gasteiger partial charge in [-0.2, -0.15) is 0 Å². The summed E-state index contributed by atoms with van der Waals surface area (Å²) < 4.78 is 5.97. The molecule has 1 N–H and O–H groups in total. The Hall–Kier alpha value is -1.09. The smallest absolute Gasteiger partial charge is 0.123 e. The molecule has 0 amide bonds. The highest BCUT2D eigenvalue weighted by Crippen LogP contribution is 2.16. The molecule has 0 aliphatic rings. The maximum absolute atomic E-state index is 5.97. The topological polar surface area (TPSA) is 34.1 Å². The third kappa shape index (κ3) is 7.49. The van der Waals surface area contributed by atoms with Crippen molar-refractivity contribution < 1.29 is 4.74 Å². The van der Waals surface area contributed by atoms with E-state index in [4.69, 9.17) is 4.74 Å². The van der Waals surface area contributed by atoms with Gasteiger partial charge in [-0.3, -0.25) is 4.98 Å². The Bertz CT molecular complexity index is 366. The molecule has 3 heteroatoms. The standard InChI is InChI=1S/C17H30N2O/c1-5-6-7-8-9-15(4)20-17-10-11-18-16(12-17)13-19-14(2)3/h10-12,14-15,19H,5-9,13H2,1-4H3. The Balaban J connectivity index is 2.36. The molecule has 0 saturated carbocycles. The Morgan fingerprint density at radius 3 is 2.70 bits per heavy atom. The molecule has 1 aromatic heterocycles. The van der Waals surface area contributed by atoms with E-state index in [9.17, 15) is 0 Å². The molecule has 0 spiro atoms. The predicted molar refractivity (Wildman–Crippen MR) is 85.1 cm³/mol.